The van der Waals surface area contributed by atoms with Gasteiger partial charge in [-0.3, -0.25) is 10.4 Å². The van der Waals surface area contributed by atoms with Gasteiger partial charge in [0.1, 0.15) is 5.65 Å². The van der Waals surface area contributed by atoms with Crippen molar-refractivity contribution in [2.45, 2.75) is 0 Å². The Labute approximate surface area is 149 Å². The highest BCUT2D eigenvalue weighted by atomic mass is 35.5. The zero-order chi connectivity index (χ0) is 17.1. The van der Waals surface area contributed by atoms with Gasteiger partial charge in [0, 0.05) is 30.4 Å². The van der Waals surface area contributed by atoms with Crippen LogP contribution in [0.1, 0.15) is 5.56 Å². The fourth-order valence-electron chi connectivity index (χ4n) is 2.45. The van der Waals surface area contributed by atoms with Crippen LogP contribution in [0.5, 0.6) is 0 Å². The lowest BCUT2D eigenvalue weighted by atomic mass is 10.1. The van der Waals surface area contributed by atoms with Gasteiger partial charge in [-0.15, -0.1) is 0 Å². The first-order valence-electron chi connectivity index (χ1n) is 7.72. The molecular formula is C19H14ClN5. The molecule has 0 saturated heterocycles. The number of aromatic nitrogens is 3. The Balaban J connectivity index is 1.50. The molecule has 0 aliphatic carbocycles. The summed E-state index contributed by atoms with van der Waals surface area (Å²) in [5.41, 5.74) is 7.70. The summed E-state index contributed by atoms with van der Waals surface area (Å²) in [6.45, 7) is 0. The predicted molar refractivity (Wildman–Crippen MR) is 101 cm³/mol. The smallest absolute Gasteiger partial charge is 0.137 e. The lowest BCUT2D eigenvalue weighted by Crippen LogP contribution is -1.90. The van der Waals surface area contributed by atoms with Crippen LogP contribution < -0.4 is 5.43 Å². The van der Waals surface area contributed by atoms with Crippen molar-refractivity contribution >= 4 is 29.2 Å². The molecule has 6 heteroatoms. The van der Waals surface area contributed by atoms with Gasteiger partial charge in [-0.25, -0.2) is 4.98 Å². The number of rotatable bonds is 4. The summed E-state index contributed by atoms with van der Waals surface area (Å²) in [4.78, 5) is 8.58. The molecule has 4 rings (SSSR count). The second kappa shape index (κ2) is 6.75. The van der Waals surface area contributed by atoms with Gasteiger partial charge in [0.15, 0.2) is 0 Å². The molecule has 3 aromatic heterocycles. The van der Waals surface area contributed by atoms with Crippen LogP contribution in [-0.2, 0) is 0 Å². The normalized spacial score (nSPS) is 11.2. The Morgan fingerprint density at radius 3 is 2.56 bits per heavy atom. The second-order valence-electron chi connectivity index (χ2n) is 5.47. The molecule has 0 atom stereocenters. The third-order valence-corrected chi connectivity index (χ3v) is 3.93. The molecule has 0 aliphatic heterocycles. The summed E-state index contributed by atoms with van der Waals surface area (Å²) in [7, 11) is 0. The maximum absolute atomic E-state index is 6.01. The standard InChI is InChI=1S/C19H14ClN5/c20-16-3-6-19-23-18(13-25(19)12-16)15-1-4-17(5-2-15)24-22-11-14-7-9-21-10-8-14/h1-13,24H/b22-11+. The minimum atomic E-state index is 0.683. The van der Waals surface area contributed by atoms with Crippen molar-refractivity contribution in [3.63, 3.8) is 0 Å². The average Bonchev–Trinajstić information content (AvgIpc) is 3.06. The number of benzene rings is 1. The highest BCUT2D eigenvalue weighted by molar-refractivity contribution is 6.30. The van der Waals surface area contributed by atoms with Gasteiger partial charge in [0.25, 0.3) is 0 Å². The first kappa shape index (κ1) is 15.4. The lowest BCUT2D eigenvalue weighted by molar-refractivity contribution is 1.19. The Hall–Kier alpha value is -3.18. The monoisotopic (exact) mass is 347 g/mol. The van der Waals surface area contributed by atoms with Crippen LogP contribution in [0.3, 0.4) is 0 Å². The molecule has 3 heterocycles. The van der Waals surface area contributed by atoms with Crippen LogP contribution >= 0.6 is 11.6 Å². The number of imidazole rings is 1. The zero-order valence-electron chi connectivity index (χ0n) is 13.2. The molecule has 0 amide bonds. The first-order valence-corrected chi connectivity index (χ1v) is 8.09. The van der Waals surface area contributed by atoms with Crippen molar-refractivity contribution in [3.8, 4) is 11.3 Å². The molecule has 0 saturated carbocycles. The molecule has 0 unspecified atom stereocenters. The highest BCUT2D eigenvalue weighted by Gasteiger charge is 2.04. The predicted octanol–water partition coefficient (Wildman–Crippen LogP) is 4.50. The topological polar surface area (TPSA) is 54.6 Å². The summed E-state index contributed by atoms with van der Waals surface area (Å²) in [5.74, 6) is 0. The van der Waals surface area contributed by atoms with E-state index in [1.165, 1.54) is 0 Å². The fourth-order valence-corrected chi connectivity index (χ4v) is 2.62. The number of hydrogen-bond acceptors (Lipinski definition) is 4. The third-order valence-electron chi connectivity index (χ3n) is 3.71. The molecule has 1 N–H and O–H groups in total. The van der Waals surface area contributed by atoms with Crippen molar-refractivity contribution in [2.24, 2.45) is 5.10 Å². The van der Waals surface area contributed by atoms with Gasteiger partial charge in [0.05, 0.1) is 22.6 Å². The van der Waals surface area contributed by atoms with Crippen LogP contribution in [0.2, 0.25) is 5.02 Å². The maximum Gasteiger partial charge on any atom is 0.137 e. The van der Waals surface area contributed by atoms with Crippen molar-refractivity contribution in [1.29, 1.82) is 0 Å². The summed E-state index contributed by atoms with van der Waals surface area (Å²) in [6.07, 6.45) is 9.03. The summed E-state index contributed by atoms with van der Waals surface area (Å²) in [5, 5.41) is 4.90. The summed E-state index contributed by atoms with van der Waals surface area (Å²) < 4.78 is 1.92. The van der Waals surface area contributed by atoms with E-state index in [2.05, 4.69) is 20.5 Å². The molecule has 0 radical (unpaired) electrons. The van der Waals surface area contributed by atoms with Gasteiger partial charge in [0.2, 0.25) is 0 Å². The molecule has 25 heavy (non-hydrogen) atoms. The van der Waals surface area contributed by atoms with Crippen molar-refractivity contribution in [3.05, 3.63) is 83.9 Å². The molecule has 1 aromatic carbocycles. The molecule has 4 aromatic rings. The maximum atomic E-state index is 6.01. The Morgan fingerprint density at radius 2 is 1.76 bits per heavy atom. The SMILES string of the molecule is Clc1ccc2nc(-c3ccc(N/N=C/c4ccncc4)cc3)cn2c1. The quantitative estimate of drug-likeness (QED) is 0.437. The van der Waals surface area contributed by atoms with Crippen LogP contribution in [0.15, 0.2) is 78.4 Å². The van der Waals surface area contributed by atoms with Gasteiger partial charge in [-0.05, 0) is 42.0 Å². The van der Waals surface area contributed by atoms with E-state index in [4.69, 9.17) is 11.6 Å². The number of halogens is 1. The first-order chi connectivity index (χ1) is 12.3. The van der Waals surface area contributed by atoms with E-state index in [1.54, 1.807) is 18.6 Å². The Morgan fingerprint density at radius 1 is 0.960 bits per heavy atom. The van der Waals surface area contributed by atoms with Crippen LogP contribution in [0, 0.1) is 0 Å². The lowest BCUT2D eigenvalue weighted by Gasteiger charge is -2.01. The van der Waals surface area contributed by atoms with Crippen molar-refractivity contribution in [1.82, 2.24) is 14.4 Å². The van der Waals surface area contributed by atoms with Gasteiger partial charge in [-0.2, -0.15) is 5.10 Å². The molecule has 0 spiro atoms. The number of nitrogens with one attached hydrogen (secondary N) is 1. The number of fused-ring (bicyclic) bond motifs is 1. The number of hydrazone groups is 1. The minimum Gasteiger partial charge on any atom is -0.305 e. The third kappa shape index (κ3) is 3.51. The van der Waals surface area contributed by atoms with E-state index in [0.717, 1.165) is 28.2 Å². The average molecular weight is 348 g/mol. The number of anilines is 1. The largest absolute Gasteiger partial charge is 0.305 e. The van der Waals surface area contributed by atoms with E-state index in [0.29, 0.717) is 5.02 Å². The molecule has 122 valence electrons. The van der Waals surface area contributed by atoms with Crippen molar-refractivity contribution in [2.75, 3.05) is 5.43 Å². The molecule has 0 fully saturated rings. The summed E-state index contributed by atoms with van der Waals surface area (Å²) >= 11 is 6.01. The van der Waals surface area contributed by atoms with Crippen LogP contribution in [-0.4, -0.2) is 20.6 Å². The molecule has 0 aliphatic rings. The minimum absolute atomic E-state index is 0.683. The Kier molecular flexibility index (Phi) is 4.14. The number of pyridine rings is 2. The Bertz CT molecular complexity index is 1020. The van der Waals surface area contributed by atoms with Gasteiger partial charge >= 0.3 is 0 Å². The molecule has 5 nitrogen and oxygen atoms in total. The number of nitrogens with zero attached hydrogens (tertiary/aromatic N) is 4. The van der Waals surface area contributed by atoms with E-state index < -0.39 is 0 Å². The number of hydrogen-bond donors (Lipinski definition) is 1. The molecular weight excluding hydrogens is 334 g/mol. The van der Waals surface area contributed by atoms with E-state index in [9.17, 15) is 0 Å². The van der Waals surface area contributed by atoms with Crippen LogP contribution in [0.4, 0.5) is 5.69 Å². The van der Waals surface area contributed by atoms with Crippen molar-refractivity contribution < 1.29 is 0 Å². The molecule has 0 bridgehead atoms. The van der Waals surface area contributed by atoms with Gasteiger partial charge < -0.3 is 4.40 Å². The van der Waals surface area contributed by atoms with Crippen LogP contribution in [0.25, 0.3) is 16.9 Å². The fraction of sp³-hybridized carbons (Fsp3) is 0. The van der Waals surface area contributed by atoms with E-state index in [1.807, 2.05) is 65.3 Å². The second-order valence-corrected chi connectivity index (χ2v) is 5.90. The summed E-state index contributed by atoms with van der Waals surface area (Å²) in [6, 6.07) is 15.5. The zero-order valence-corrected chi connectivity index (χ0v) is 13.9. The highest BCUT2D eigenvalue weighted by Crippen LogP contribution is 2.22. The van der Waals surface area contributed by atoms with E-state index in [-0.39, 0.29) is 0 Å². The van der Waals surface area contributed by atoms with E-state index >= 15 is 0 Å². The van der Waals surface area contributed by atoms with Gasteiger partial charge in [-0.1, -0.05) is 23.7 Å².